The van der Waals surface area contributed by atoms with Gasteiger partial charge in [0.2, 0.25) is 0 Å². The summed E-state index contributed by atoms with van der Waals surface area (Å²) in [5.41, 5.74) is 0.303. The molecule has 1 aliphatic heterocycles. The van der Waals surface area contributed by atoms with E-state index in [0.29, 0.717) is 11.6 Å². The summed E-state index contributed by atoms with van der Waals surface area (Å²) in [4.78, 5) is 2.47. The largest absolute Gasteiger partial charge is 0.308 e. The molecule has 1 aliphatic carbocycles. The normalized spacial score (nSPS) is 39.7. The molecule has 15 heavy (non-hydrogen) atoms. The Morgan fingerprint density at radius 2 is 2.20 bits per heavy atom. The van der Waals surface area contributed by atoms with Gasteiger partial charge in [0, 0.05) is 24.7 Å². The first kappa shape index (κ1) is 11.0. The van der Waals surface area contributed by atoms with Gasteiger partial charge in [-0.25, -0.2) is 0 Å². The number of rotatable bonds is 2. The van der Waals surface area contributed by atoms with Crippen molar-refractivity contribution in [2.24, 2.45) is 5.92 Å². The van der Waals surface area contributed by atoms with E-state index >= 15 is 0 Å². The molecule has 0 spiro atoms. The van der Waals surface area contributed by atoms with Crippen LogP contribution < -0.4 is 5.32 Å². The number of hydrogen-bond acceptors (Lipinski definition) is 2. The Kier molecular flexibility index (Phi) is 2.79. The predicted molar refractivity (Wildman–Crippen MR) is 63.6 cm³/mol. The van der Waals surface area contributed by atoms with Crippen molar-refractivity contribution in [1.82, 2.24) is 10.2 Å². The third-order valence-corrected chi connectivity index (χ3v) is 4.10. The van der Waals surface area contributed by atoms with Crippen molar-refractivity contribution in [3.8, 4) is 12.3 Å². The van der Waals surface area contributed by atoms with Gasteiger partial charge < -0.3 is 5.32 Å². The average Bonchev–Trinajstić information content (AvgIpc) is 3.04. The number of nitrogens with zero attached hydrogens (tertiary/aromatic N) is 1. The third-order valence-electron chi connectivity index (χ3n) is 4.10. The lowest BCUT2D eigenvalue weighted by molar-refractivity contribution is 0.0697. The smallest absolute Gasteiger partial charge is 0.0686 e. The van der Waals surface area contributed by atoms with Crippen molar-refractivity contribution in [1.29, 1.82) is 0 Å². The molecule has 2 rings (SSSR count). The molecule has 2 fully saturated rings. The molecule has 1 saturated carbocycles. The predicted octanol–water partition coefficient (Wildman–Crippen LogP) is 1.47. The zero-order valence-corrected chi connectivity index (χ0v) is 10.1. The minimum atomic E-state index is 0.264. The molecule has 1 heterocycles. The van der Waals surface area contributed by atoms with Crippen molar-refractivity contribution >= 4 is 0 Å². The van der Waals surface area contributed by atoms with Crippen LogP contribution in [0.5, 0.6) is 0 Å². The molecule has 84 valence electrons. The molecule has 0 bridgehead atoms. The van der Waals surface area contributed by atoms with Gasteiger partial charge in [-0.05, 0) is 39.5 Å². The first-order valence-corrected chi connectivity index (χ1v) is 6.04. The summed E-state index contributed by atoms with van der Waals surface area (Å²) in [6.07, 6.45) is 8.30. The van der Waals surface area contributed by atoms with Gasteiger partial charge in [0.25, 0.3) is 0 Å². The van der Waals surface area contributed by atoms with Crippen molar-refractivity contribution in [2.75, 3.05) is 13.1 Å². The Balaban J connectivity index is 2.07. The maximum absolute atomic E-state index is 5.53. The van der Waals surface area contributed by atoms with E-state index < -0.39 is 0 Å². The highest BCUT2D eigenvalue weighted by atomic mass is 15.3. The van der Waals surface area contributed by atoms with Gasteiger partial charge >= 0.3 is 0 Å². The molecule has 1 N–H and O–H groups in total. The van der Waals surface area contributed by atoms with E-state index in [1.807, 2.05) is 0 Å². The Morgan fingerprint density at radius 3 is 2.73 bits per heavy atom. The number of hydrogen-bond donors (Lipinski definition) is 1. The number of nitrogens with one attached hydrogen (secondary N) is 1. The second-order valence-electron chi connectivity index (χ2n) is 5.44. The first-order valence-electron chi connectivity index (χ1n) is 6.04. The molecule has 1 saturated heterocycles. The van der Waals surface area contributed by atoms with E-state index in [4.69, 9.17) is 6.42 Å². The van der Waals surface area contributed by atoms with Gasteiger partial charge in [-0.1, -0.05) is 5.92 Å². The fraction of sp³-hybridized carbons (Fsp3) is 0.846. The van der Waals surface area contributed by atoms with Gasteiger partial charge in [-0.2, -0.15) is 0 Å². The number of piperazine rings is 1. The Morgan fingerprint density at radius 1 is 1.53 bits per heavy atom. The van der Waals surface area contributed by atoms with Crippen LogP contribution in [0.4, 0.5) is 0 Å². The van der Waals surface area contributed by atoms with Crippen LogP contribution in [-0.4, -0.2) is 35.6 Å². The van der Waals surface area contributed by atoms with Gasteiger partial charge in [-0.3, -0.25) is 4.90 Å². The highest BCUT2D eigenvalue weighted by Gasteiger charge is 2.45. The molecule has 2 heteroatoms. The van der Waals surface area contributed by atoms with E-state index in [-0.39, 0.29) is 6.04 Å². The van der Waals surface area contributed by atoms with Crippen LogP contribution in [-0.2, 0) is 0 Å². The van der Waals surface area contributed by atoms with Crippen LogP contribution in [0, 0.1) is 18.3 Å². The minimum Gasteiger partial charge on any atom is -0.308 e. The standard InChI is InChI=1S/C13H22N2/c1-5-10(2)15-9-13(4,12-6-7-12)14-8-11(15)3/h1,10-12,14H,6-9H2,2-4H3. The van der Waals surface area contributed by atoms with E-state index in [1.165, 1.54) is 12.8 Å². The van der Waals surface area contributed by atoms with Gasteiger partial charge in [0.1, 0.15) is 0 Å². The van der Waals surface area contributed by atoms with Crippen LogP contribution >= 0.6 is 0 Å². The van der Waals surface area contributed by atoms with Gasteiger partial charge in [-0.15, -0.1) is 6.42 Å². The third kappa shape index (κ3) is 2.04. The average molecular weight is 206 g/mol. The summed E-state index contributed by atoms with van der Waals surface area (Å²) in [5.74, 6) is 3.73. The van der Waals surface area contributed by atoms with E-state index in [0.717, 1.165) is 19.0 Å². The molecule has 3 atom stereocenters. The molecule has 3 unspecified atom stereocenters. The second kappa shape index (κ2) is 3.81. The molecule has 0 aromatic carbocycles. The van der Waals surface area contributed by atoms with Crippen LogP contribution in [0.2, 0.25) is 0 Å². The highest BCUT2D eigenvalue weighted by Crippen LogP contribution is 2.41. The Labute approximate surface area is 93.4 Å². The second-order valence-corrected chi connectivity index (χ2v) is 5.44. The summed E-state index contributed by atoms with van der Waals surface area (Å²) in [7, 11) is 0. The SMILES string of the molecule is C#CC(C)N1CC(C)(C2CC2)NCC1C. The highest BCUT2D eigenvalue weighted by molar-refractivity contribution is 5.08. The molecular formula is C13H22N2. The first-order chi connectivity index (χ1) is 7.07. The van der Waals surface area contributed by atoms with Crippen molar-refractivity contribution in [3.05, 3.63) is 0 Å². The Hall–Kier alpha value is -0.520. The van der Waals surface area contributed by atoms with Crippen molar-refractivity contribution < 1.29 is 0 Å². The molecule has 0 radical (unpaired) electrons. The van der Waals surface area contributed by atoms with Gasteiger partial charge in [0.05, 0.1) is 6.04 Å². The zero-order valence-electron chi connectivity index (χ0n) is 10.1. The van der Waals surface area contributed by atoms with Gasteiger partial charge in [0.15, 0.2) is 0 Å². The van der Waals surface area contributed by atoms with E-state index in [9.17, 15) is 0 Å². The topological polar surface area (TPSA) is 15.3 Å². The maximum Gasteiger partial charge on any atom is 0.0686 e. The van der Waals surface area contributed by atoms with Crippen LogP contribution in [0.1, 0.15) is 33.6 Å². The summed E-state index contributed by atoms with van der Waals surface area (Å²) in [6, 6.07) is 0.822. The van der Waals surface area contributed by atoms with Crippen molar-refractivity contribution in [2.45, 2.75) is 51.2 Å². The lowest BCUT2D eigenvalue weighted by Gasteiger charge is -2.47. The maximum atomic E-state index is 5.53. The molecular weight excluding hydrogens is 184 g/mol. The number of terminal acetylenes is 1. The minimum absolute atomic E-state index is 0.264. The van der Waals surface area contributed by atoms with Crippen LogP contribution in [0.15, 0.2) is 0 Å². The lowest BCUT2D eigenvalue weighted by Crippen LogP contribution is -2.64. The Bertz CT molecular complexity index is 277. The molecule has 2 nitrogen and oxygen atoms in total. The molecule has 2 aliphatic rings. The summed E-state index contributed by atoms with van der Waals surface area (Å²) >= 11 is 0. The lowest BCUT2D eigenvalue weighted by atomic mass is 9.90. The van der Waals surface area contributed by atoms with Crippen LogP contribution in [0.3, 0.4) is 0 Å². The fourth-order valence-electron chi connectivity index (χ4n) is 2.70. The quantitative estimate of drug-likeness (QED) is 0.688. The fourth-order valence-corrected chi connectivity index (χ4v) is 2.70. The summed E-state index contributed by atoms with van der Waals surface area (Å²) in [6.45, 7) is 8.92. The molecule has 0 amide bonds. The zero-order chi connectivity index (χ0) is 11.1. The van der Waals surface area contributed by atoms with E-state index in [2.05, 4.69) is 36.9 Å². The summed E-state index contributed by atoms with van der Waals surface area (Å²) < 4.78 is 0. The summed E-state index contributed by atoms with van der Waals surface area (Å²) in [5, 5.41) is 3.71. The van der Waals surface area contributed by atoms with Crippen molar-refractivity contribution in [3.63, 3.8) is 0 Å². The van der Waals surface area contributed by atoms with Crippen LogP contribution in [0.25, 0.3) is 0 Å². The molecule has 0 aromatic heterocycles. The monoisotopic (exact) mass is 206 g/mol. The van der Waals surface area contributed by atoms with E-state index in [1.54, 1.807) is 0 Å². The molecule has 0 aromatic rings.